The van der Waals surface area contributed by atoms with E-state index in [2.05, 4.69) is 5.32 Å². The van der Waals surface area contributed by atoms with Crippen molar-refractivity contribution >= 4 is 17.3 Å². The van der Waals surface area contributed by atoms with Crippen LogP contribution in [0.15, 0.2) is 42.5 Å². The fourth-order valence-electron chi connectivity index (χ4n) is 2.44. The molecule has 2 aromatic carbocycles. The minimum Gasteiger partial charge on any atom is -0.383 e. The van der Waals surface area contributed by atoms with E-state index in [0.29, 0.717) is 6.54 Å². The SMILES string of the molecule is O=C(c1ccc(F)c(F)c1)N1CCCNc2ccccc21. The molecule has 0 aromatic heterocycles. The zero-order valence-corrected chi connectivity index (χ0v) is 11.3. The molecule has 0 unspecified atom stereocenters. The van der Waals surface area contributed by atoms with Gasteiger partial charge in [-0.2, -0.15) is 0 Å². The van der Waals surface area contributed by atoms with Crippen LogP contribution in [0.5, 0.6) is 0 Å². The Morgan fingerprint density at radius 3 is 2.71 bits per heavy atom. The molecule has 0 atom stereocenters. The lowest BCUT2D eigenvalue weighted by Crippen LogP contribution is -2.31. The van der Waals surface area contributed by atoms with E-state index >= 15 is 0 Å². The van der Waals surface area contributed by atoms with Crippen molar-refractivity contribution in [3.05, 3.63) is 59.7 Å². The number of benzene rings is 2. The van der Waals surface area contributed by atoms with Crippen LogP contribution in [0.1, 0.15) is 16.8 Å². The summed E-state index contributed by atoms with van der Waals surface area (Å²) in [6, 6.07) is 10.7. The minimum absolute atomic E-state index is 0.144. The molecule has 0 saturated carbocycles. The summed E-state index contributed by atoms with van der Waals surface area (Å²) in [4.78, 5) is 14.2. The largest absolute Gasteiger partial charge is 0.383 e. The highest BCUT2D eigenvalue weighted by Crippen LogP contribution is 2.29. The van der Waals surface area contributed by atoms with Crippen molar-refractivity contribution in [3.8, 4) is 0 Å². The van der Waals surface area contributed by atoms with Crippen molar-refractivity contribution in [2.24, 2.45) is 0 Å². The summed E-state index contributed by atoms with van der Waals surface area (Å²) in [7, 11) is 0. The summed E-state index contributed by atoms with van der Waals surface area (Å²) in [5, 5.41) is 3.25. The van der Waals surface area contributed by atoms with Crippen LogP contribution in [0.4, 0.5) is 20.2 Å². The molecular formula is C16H14F2N2O. The van der Waals surface area contributed by atoms with Gasteiger partial charge in [0, 0.05) is 18.7 Å². The van der Waals surface area contributed by atoms with Gasteiger partial charge in [0.25, 0.3) is 5.91 Å². The first kappa shape index (κ1) is 13.5. The van der Waals surface area contributed by atoms with Gasteiger partial charge in [0.05, 0.1) is 11.4 Å². The van der Waals surface area contributed by atoms with Crippen molar-refractivity contribution in [2.75, 3.05) is 23.3 Å². The van der Waals surface area contributed by atoms with Crippen molar-refractivity contribution in [2.45, 2.75) is 6.42 Å². The van der Waals surface area contributed by atoms with Gasteiger partial charge in [-0.05, 0) is 36.8 Å². The molecule has 0 aliphatic carbocycles. The average molecular weight is 288 g/mol. The van der Waals surface area contributed by atoms with Gasteiger partial charge in [-0.15, -0.1) is 0 Å². The molecular weight excluding hydrogens is 274 g/mol. The Labute approximate surface area is 121 Å². The third-order valence-corrected chi connectivity index (χ3v) is 3.48. The van der Waals surface area contributed by atoms with Crippen LogP contribution in [0.25, 0.3) is 0 Å². The summed E-state index contributed by atoms with van der Waals surface area (Å²) in [5.41, 5.74) is 1.77. The lowest BCUT2D eigenvalue weighted by molar-refractivity contribution is 0.0986. The van der Waals surface area contributed by atoms with Gasteiger partial charge in [-0.3, -0.25) is 4.79 Å². The Bertz CT molecular complexity index is 688. The van der Waals surface area contributed by atoms with E-state index in [1.165, 1.54) is 6.07 Å². The maximum Gasteiger partial charge on any atom is 0.258 e. The number of carbonyl (C=O) groups excluding carboxylic acids is 1. The number of nitrogens with zero attached hydrogens (tertiary/aromatic N) is 1. The fourth-order valence-corrected chi connectivity index (χ4v) is 2.44. The van der Waals surface area contributed by atoms with Crippen LogP contribution in [-0.2, 0) is 0 Å². The van der Waals surface area contributed by atoms with E-state index in [0.717, 1.165) is 36.5 Å². The van der Waals surface area contributed by atoms with E-state index in [-0.39, 0.29) is 11.5 Å². The van der Waals surface area contributed by atoms with Gasteiger partial charge >= 0.3 is 0 Å². The van der Waals surface area contributed by atoms with Crippen LogP contribution in [-0.4, -0.2) is 19.0 Å². The quantitative estimate of drug-likeness (QED) is 0.872. The lowest BCUT2D eigenvalue weighted by atomic mass is 10.1. The van der Waals surface area contributed by atoms with Crippen molar-refractivity contribution in [3.63, 3.8) is 0 Å². The molecule has 1 aliphatic heterocycles. The van der Waals surface area contributed by atoms with E-state index in [1.807, 2.05) is 24.3 Å². The number of carbonyl (C=O) groups is 1. The molecule has 2 aromatic rings. The standard InChI is InChI=1S/C16H14F2N2O/c17-12-7-6-11(10-13(12)18)16(21)20-9-3-8-19-14-4-1-2-5-15(14)20/h1-2,4-7,10,19H,3,8-9H2. The van der Waals surface area contributed by atoms with Crippen LogP contribution < -0.4 is 10.2 Å². The Morgan fingerprint density at radius 1 is 1.10 bits per heavy atom. The molecule has 0 saturated heterocycles. The summed E-state index contributed by atoms with van der Waals surface area (Å²) in [6.07, 6.45) is 0.782. The van der Waals surface area contributed by atoms with Gasteiger partial charge in [0.1, 0.15) is 0 Å². The molecule has 0 fully saturated rings. The van der Waals surface area contributed by atoms with Gasteiger partial charge in [0.15, 0.2) is 11.6 Å². The molecule has 3 nitrogen and oxygen atoms in total. The second kappa shape index (κ2) is 5.52. The topological polar surface area (TPSA) is 32.3 Å². The summed E-state index contributed by atoms with van der Waals surface area (Å²) in [5.74, 6) is -2.29. The molecule has 1 N–H and O–H groups in total. The van der Waals surface area contributed by atoms with Crippen molar-refractivity contribution < 1.29 is 13.6 Å². The Morgan fingerprint density at radius 2 is 1.90 bits per heavy atom. The number of nitrogens with one attached hydrogen (secondary N) is 1. The molecule has 5 heteroatoms. The number of amides is 1. The van der Waals surface area contributed by atoms with Gasteiger partial charge in [-0.1, -0.05) is 12.1 Å². The van der Waals surface area contributed by atoms with Gasteiger partial charge in [-0.25, -0.2) is 8.78 Å². The average Bonchev–Trinajstić information content (AvgIpc) is 2.71. The van der Waals surface area contributed by atoms with E-state index in [9.17, 15) is 13.6 Å². The van der Waals surface area contributed by atoms with Crippen molar-refractivity contribution in [1.82, 2.24) is 0 Å². The Hall–Kier alpha value is -2.43. The van der Waals surface area contributed by atoms with E-state index in [1.54, 1.807) is 4.90 Å². The maximum atomic E-state index is 13.3. The third kappa shape index (κ3) is 2.59. The molecule has 0 bridgehead atoms. The second-order valence-corrected chi connectivity index (χ2v) is 4.88. The molecule has 1 heterocycles. The molecule has 21 heavy (non-hydrogen) atoms. The van der Waals surface area contributed by atoms with Crippen LogP contribution in [0.3, 0.4) is 0 Å². The first-order valence-corrected chi connectivity index (χ1v) is 6.76. The highest BCUT2D eigenvalue weighted by Gasteiger charge is 2.22. The molecule has 0 spiro atoms. The normalized spacial score (nSPS) is 14.1. The molecule has 108 valence electrons. The number of hydrogen-bond donors (Lipinski definition) is 1. The molecule has 3 rings (SSSR count). The smallest absolute Gasteiger partial charge is 0.258 e. The fraction of sp³-hybridized carbons (Fsp3) is 0.188. The predicted octanol–water partition coefficient (Wildman–Crippen LogP) is 3.43. The maximum absolute atomic E-state index is 13.3. The number of fused-ring (bicyclic) bond motifs is 1. The predicted molar refractivity (Wildman–Crippen MR) is 77.6 cm³/mol. The van der Waals surface area contributed by atoms with Crippen LogP contribution >= 0.6 is 0 Å². The zero-order chi connectivity index (χ0) is 14.8. The Balaban J connectivity index is 1.99. The zero-order valence-electron chi connectivity index (χ0n) is 11.3. The van der Waals surface area contributed by atoms with Gasteiger partial charge < -0.3 is 10.2 Å². The number of para-hydroxylation sites is 2. The summed E-state index contributed by atoms with van der Waals surface area (Å²) >= 11 is 0. The number of anilines is 2. The number of hydrogen-bond acceptors (Lipinski definition) is 2. The van der Waals surface area contributed by atoms with E-state index < -0.39 is 11.6 Å². The highest BCUT2D eigenvalue weighted by molar-refractivity contribution is 6.07. The molecule has 1 amide bonds. The lowest BCUT2D eigenvalue weighted by Gasteiger charge is -2.22. The molecule has 0 radical (unpaired) electrons. The summed E-state index contributed by atoms with van der Waals surface area (Å²) < 4.78 is 26.3. The van der Waals surface area contributed by atoms with Crippen LogP contribution in [0, 0.1) is 11.6 Å². The van der Waals surface area contributed by atoms with E-state index in [4.69, 9.17) is 0 Å². The molecule has 1 aliphatic rings. The minimum atomic E-state index is -1.01. The Kier molecular flexibility index (Phi) is 3.56. The monoisotopic (exact) mass is 288 g/mol. The van der Waals surface area contributed by atoms with Crippen molar-refractivity contribution in [1.29, 1.82) is 0 Å². The highest BCUT2D eigenvalue weighted by atomic mass is 19.2. The van der Waals surface area contributed by atoms with Gasteiger partial charge in [0.2, 0.25) is 0 Å². The first-order valence-electron chi connectivity index (χ1n) is 6.76. The van der Waals surface area contributed by atoms with Crippen LogP contribution in [0.2, 0.25) is 0 Å². The third-order valence-electron chi connectivity index (χ3n) is 3.48. The summed E-state index contributed by atoms with van der Waals surface area (Å²) in [6.45, 7) is 1.29. The number of halogens is 2. The number of rotatable bonds is 1. The second-order valence-electron chi connectivity index (χ2n) is 4.88. The first-order chi connectivity index (χ1) is 10.2.